The molecule has 1 heterocycles. The van der Waals surface area contributed by atoms with Gasteiger partial charge < -0.3 is 9.47 Å². The van der Waals surface area contributed by atoms with Gasteiger partial charge in [0.15, 0.2) is 0 Å². The van der Waals surface area contributed by atoms with Crippen LogP contribution in [-0.4, -0.2) is 36.9 Å². The normalized spacial score (nSPS) is 19.5. The minimum atomic E-state index is -1.02. The van der Waals surface area contributed by atoms with E-state index in [1.807, 2.05) is 54.6 Å². The van der Waals surface area contributed by atoms with Crippen LogP contribution in [-0.2, 0) is 17.8 Å². The summed E-state index contributed by atoms with van der Waals surface area (Å²) in [5.74, 6) is 0.753. The highest BCUT2D eigenvalue weighted by molar-refractivity contribution is 5.69. The Hall–Kier alpha value is -2.56. The van der Waals surface area contributed by atoms with Gasteiger partial charge in [-0.3, -0.25) is 4.90 Å². The topological polar surface area (TPSA) is 38.8 Å². The summed E-state index contributed by atoms with van der Waals surface area (Å²) in [6, 6.07) is 16.4. The van der Waals surface area contributed by atoms with Crippen molar-refractivity contribution in [2.24, 2.45) is 0 Å². The highest BCUT2D eigenvalue weighted by Gasteiger charge is 2.43. The number of ether oxygens (including phenoxy) is 2. The Labute approximate surface area is 140 Å². The molecule has 4 nitrogen and oxygen atoms in total. The second-order valence-electron chi connectivity index (χ2n) is 5.83. The predicted octanol–water partition coefficient (Wildman–Crippen LogP) is 3.60. The van der Waals surface area contributed by atoms with Crippen molar-refractivity contribution in [2.45, 2.75) is 25.2 Å². The summed E-state index contributed by atoms with van der Waals surface area (Å²) in [6.45, 7) is 0.289. The fourth-order valence-electron chi connectivity index (χ4n) is 2.76. The maximum absolute atomic E-state index is 13.9. The van der Waals surface area contributed by atoms with Crippen LogP contribution in [0.3, 0.4) is 0 Å². The Balaban J connectivity index is 1.56. The van der Waals surface area contributed by atoms with E-state index in [4.69, 9.17) is 9.47 Å². The molecule has 2 aromatic carbocycles. The molecule has 0 spiro atoms. The van der Waals surface area contributed by atoms with Gasteiger partial charge in [0.1, 0.15) is 18.5 Å². The van der Waals surface area contributed by atoms with Gasteiger partial charge in [0.25, 0.3) is 0 Å². The number of nitrogens with zero attached hydrogens (tertiary/aromatic N) is 1. The number of likely N-dealkylation sites (tertiary alicyclic amines) is 1. The molecule has 1 fully saturated rings. The number of hydrogen-bond acceptors (Lipinski definition) is 3. The summed E-state index contributed by atoms with van der Waals surface area (Å²) in [5, 5.41) is 0. The van der Waals surface area contributed by atoms with Gasteiger partial charge in [-0.15, -0.1) is 0 Å². The molecule has 0 bridgehead atoms. The lowest BCUT2D eigenvalue weighted by atomic mass is 9.94. The fourth-order valence-corrected chi connectivity index (χ4v) is 2.76. The van der Waals surface area contributed by atoms with E-state index < -0.39 is 18.3 Å². The lowest BCUT2D eigenvalue weighted by Crippen LogP contribution is -2.61. The van der Waals surface area contributed by atoms with Crippen LogP contribution in [0.4, 0.5) is 9.18 Å². The molecule has 1 aliphatic rings. The average molecular weight is 329 g/mol. The number of methoxy groups -OCH3 is 1. The maximum Gasteiger partial charge on any atom is 0.410 e. The summed E-state index contributed by atoms with van der Waals surface area (Å²) in [5.41, 5.74) is 1.87. The summed E-state index contributed by atoms with van der Waals surface area (Å²) >= 11 is 0. The Bertz CT molecular complexity index is 675. The van der Waals surface area contributed by atoms with E-state index in [0.717, 1.165) is 16.9 Å². The molecule has 0 aliphatic carbocycles. The molecular weight excluding hydrogens is 309 g/mol. The van der Waals surface area contributed by atoms with Gasteiger partial charge in [0.05, 0.1) is 19.7 Å². The molecule has 2 aromatic rings. The molecule has 0 aromatic heterocycles. The third-order valence-corrected chi connectivity index (χ3v) is 4.23. The van der Waals surface area contributed by atoms with Crippen LogP contribution in [0.1, 0.15) is 11.1 Å². The number of alkyl halides is 1. The van der Waals surface area contributed by atoms with Gasteiger partial charge in [0, 0.05) is 0 Å². The van der Waals surface area contributed by atoms with E-state index in [0.29, 0.717) is 6.42 Å². The van der Waals surface area contributed by atoms with Crippen molar-refractivity contribution < 1.29 is 18.7 Å². The molecule has 1 saturated heterocycles. The highest BCUT2D eigenvalue weighted by atomic mass is 19.1. The smallest absolute Gasteiger partial charge is 0.410 e. The van der Waals surface area contributed by atoms with Gasteiger partial charge in [-0.25, -0.2) is 9.18 Å². The van der Waals surface area contributed by atoms with Gasteiger partial charge in [-0.2, -0.15) is 0 Å². The van der Waals surface area contributed by atoms with Gasteiger partial charge in [-0.1, -0.05) is 42.5 Å². The molecule has 0 N–H and O–H groups in total. The maximum atomic E-state index is 13.9. The van der Waals surface area contributed by atoms with Crippen LogP contribution < -0.4 is 4.74 Å². The van der Waals surface area contributed by atoms with Crippen molar-refractivity contribution in [1.82, 2.24) is 4.90 Å². The van der Waals surface area contributed by atoms with Gasteiger partial charge >= 0.3 is 6.09 Å². The molecular formula is C19H20FNO3. The average Bonchev–Trinajstić information content (AvgIpc) is 2.63. The second kappa shape index (κ2) is 7.34. The van der Waals surface area contributed by atoms with Crippen LogP contribution in [0.15, 0.2) is 54.6 Å². The quantitative estimate of drug-likeness (QED) is 0.841. The van der Waals surface area contributed by atoms with E-state index in [-0.39, 0.29) is 13.2 Å². The van der Waals surface area contributed by atoms with E-state index in [1.54, 1.807) is 7.11 Å². The van der Waals surface area contributed by atoms with Crippen LogP contribution in [0.25, 0.3) is 0 Å². The lowest BCUT2D eigenvalue weighted by molar-refractivity contribution is -0.0132. The van der Waals surface area contributed by atoms with E-state index >= 15 is 0 Å². The van der Waals surface area contributed by atoms with Crippen molar-refractivity contribution >= 4 is 6.09 Å². The Morgan fingerprint density at radius 1 is 1.12 bits per heavy atom. The predicted molar refractivity (Wildman–Crippen MR) is 88.7 cm³/mol. The van der Waals surface area contributed by atoms with Crippen LogP contribution in [0.2, 0.25) is 0 Å². The number of amides is 1. The summed E-state index contributed by atoms with van der Waals surface area (Å²) < 4.78 is 24.3. The van der Waals surface area contributed by atoms with Crippen molar-refractivity contribution in [3.63, 3.8) is 0 Å². The molecule has 24 heavy (non-hydrogen) atoms. The number of rotatable bonds is 5. The third-order valence-electron chi connectivity index (χ3n) is 4.23. The molecule has 126 valence electrons. The summed E-state index contributed by atoms with van der Waals surface area (Å²) in [7, 11) is 1.60. The first-order valence-electron chi connectivity index (χ1n) is 7.91. The first-order valence-corrected chi connectivity index (χ1v) is 7.91. The minimum Gasteiger partial charge on any atom is -0.497 e. The Kier molecular flexibility index (Phi) is 4.99. The monoisotopic (exact) mass is 329 g/mol. The largest absolute Gasteiger partial charge is 0.497 e. The molecule has 5 heteroatoms. The number of carbonyl (C=O) groups is 1. The van der Waals surface area contributed by atoms with E-state index in [9.17, 15) is 9.18 Å². The molecule has 1 amide bonds. The molecule has 1 aliphatic heterocycles. The molecule has 0 radical (unpaired) electrons. The fraction of sp³-hybridized carbons (Fsp3) is 0.316. The van der Waals surface area contributed by atoms with Crippen molar-refractivity contribution in [1.29, 1.82) is 0 Å². The Morgan fingerprint density at radius 3 is 2.46 bits per heavy atom. The SMILES string of the molecule is COc1ccc(C[C@@H]2[C@@H](F)CN2C(=O)OCc2ccccc2)cc1. The van der Waals surface area contributed by atoms with Crippen LogP contribution in [0.5, 0.6) is 5.75 Å². The Morgan fingerprint density at radius 2 is 1.83 bits per heavy atom. The third kappa shape index (κ3) is 3.67. The summed E-state index contributed by atoms with van der Waals surface area (Å²) in [6.07, 6.45) is -1.02. The zero-order valence-electron chi connectivity index (χ0n) is 13.5. The number of benzene rings is 2. The number of carbonyl (C=O) groups excluding carboxylic acids is 1. The zero-order valence-corrected chi connectivity index (χ0v) is 13.5. The van der Waals surface area contributed by atoms with E-state index in [1.165, 1.54) is 4.90 Å². The first kappa shape index (κ1) is 16.3. The number of halogens is 1. The van der Waals surface area contributed by atoms with E-state index in [2.05, 4.69) is 0 Å². The minimum absolute atomic E-state index is 0.0917. The summed E-state index contributed by atoms with van der Waals surface area (Å²) in [4.78, 5) is 13.6. The van der Waals surface area contributed by atoms with Crippen molar-refractivity contribution in [3.05, 3.63) is 65.7 Å². The second-order valence-corrected chi connectivity index (χ2v) is 5.83. The lowest BCUT2D eigenvalue weighted by Gasteiger charge is -2.43. The molecule has 0 unspecified atom stereocenters. The number of hydrogen-bond donors (Lipinski definition) is 0. The van der Waals surface area contributed by atoms with Crippen LogP contribution >= 0.6 is 0 Å². The van der Waals surface area contributed by atoms with Crippen molar-refractivity contribution in [3.8, 4) is 5.75 Å². The molecule has 0 saturated carbocycles. The first-order chi connectivity index (χ1) is 11.7. The van der Waals surface area contributed by atoms with Crippen LogP contribution in [0, 0.1) is 0 Å². The molecule has 2 atom stereocenters. The van der Waals surface area contributed by atoms with Gasteiger partial charge in [-0.05, 0) is 29.7 Å². The molecule has 3 rings (SSSR count). The zero-order chi connectivity index (χ0) is 16.9. The highest BCUT2D eigenvalue weighted by Crippen LogP contribution is 2.26. The standard InChI is InChI=1S/C19H20FNO3/c1-23-16-9-7-14(8-10-16)11-18-17(20)12-21(18)19(22)24-13-15-5-3-2-4-6-15/h2-10,17-18H,11-13H2,1H3/t17-,18+/m0/s1. The van der Waals surface area contributed by atoms with Crippen molar-refractivity contribution in [2.75, 3.05) is 13.7 Å². The van der Waals surface area contributed by atoms with Gasteiger partial charge in [0.2, 0.25) is 0 Å².